The lowest BCUT2D eigenvalue weighted by molar-refractivity contribution is 0.0383. The average molecular weight is 355 g/mol. The van der Waals surface area contributed by atoms with Crippen LogP contribution in [0.15, 0.2) is 18.6 Å². The molecular weight excluding hydrogens is 330 g/mol. The summed E-state index contributed by atoms with van der Waals surface area (Å²) >= 11 is 0. The Kier molecular flexibility index (Phi) is 4.36. The molecule has 0 saturated carbocycles. The van der Waals surface area contributed by atoms with Gasteiger partial charge in [-0.2, -0.15) is 0 Å². The molecule has 0 atom stereocenters. The molecule has 3 aromatic rings. The number of hydrogen-bond acceptors (Lipinski definition) is 5. The Labute approximate surface area is 152 Å². The first-order chi connectivity index (χ1) is 12.9. The van der Waals surface area contributed by atoms with Crippen LogP contribution in [-0.4, -0.2) is 70.3 Å². The third kappa shape index (κ3) is 3.00. The average Bonchev–Trinajstić information content (AvgIpc) is 3.31. The number of ether oxygens (including phenoxy) is 2. The lowest BCUT2D eigenvalue weighted by atomic mass is 9.93. The minimum atomic E-state index is 0.532. The van der Waals surface area contributed by atoms with Crippen LogP contribution in [0.1, 0.15) is 30.0 Å². The number of aromatic nitrogens is 4. The summed E-state index contributed by atoms with van der Waals surface area (Å²) in [7, 11) is 0. The van der Waals surface area contributed by atoms with Crippen molar-refractivity contribution >= 4 is 16.8 Å². The quantitative estimate of drug-likeness (QED) is 0.775. The van der Waals surface area contributed by atoms with Crippen molar-refractivity contribution in [3.05, 3.63) is 29.8 Å². The van der Waals surface area contributed by atoms with E-state index in [-0.39, 0.29) is 0 Å². The summed E-state index contributed by atoms with van der Waals surface area (Å²) in [5.74, 6) is 0.532. The Morgan fingerprint density at radius 3 is 2.77 bits per heavy atom. The highest BCUT2D eigenvalue weighted by Crippen LogP contribution is 2.32. The fourth-order valence-electron chi connectivity index (χ4n) is 4.15. The van der Waals surface area contributed by atoms with E-state index in [1.807, 2.05) is 6.20 Å². The van der Waals surface area contributed by atoms with Gasteiger partial charge in [0.25, 0.3) is 0 Å². The molecule has 0 aromatic carbocycles. The Bertz CT molecular complexity index is 890. The Hall–Kier alpha value is -1.96. The van der Waals surface area contributed by atoms with Crippen LogP contribution >= 0.6 is 0 Å². The van der Waals surface area contributed by atoms with Gasteiger partial charge in [-0.1, -0.05) is 0 Å². The third-order valence-electron chi connectivity index (χ3n) is 5.64. The highest BCUT2D eigenvalue weighted by atomic mass is 16.5. The van der Waals surface area contributed by atoms with Crippen molar-refractivity contribution in [2.75, 3.05) is 46.1 Å². The van der Waals surface area contributed by atoms with Crippen LogP contribution in [0.3, 0.4) is 0 Å². The maximum Gasteiger partial charge on any atom is 0.156 e. The van der Waals surface area contributed by atoms with Crippen molar-refractivity contribution in [3.63, 3.8) is 0 Å². The summed E-state index contributed by atoms with van der Waals surface area (Å²) in [6, 6.07) is 0. The number of nitrogens with one attached hydrogen (secondary N) is 1. The first kappa shape index (κ1) is 16.2. The third-order valence-corrected chi connectivity index (χ3v) is 5.64. The van der Waals surface area contributed by atoms with Gasteiger partial charge in [0, 0.05) is 51.7 Å². The maximum atomic E-state index is 5.53. The van der Waals surface area contributed by atoms with E-state index in [1.54, 1.807) is 0 Å². The van der Waals surface area contributed by atoms with E-state index in [9.17, 15) is 0 Å². The lowest BCUT2D eigenvalue weighted by Gasteiger charge is -2.26. The van der Waals surface area contributed by atoms with Gasteiger partial charge in [-0.25, -0.2) is 9.97 Å². The van der Waals surface area contributed by atoms with Gasteiger partial charge in [0.15, 0.2) is 11.3 Å². The normalized spacial score (nSPS) is 20.3. The van der Waals surface area contributed by atoms with E-state index in [4.69, 9.17) is 14.5 Å². The van der Waals surface area contributed by atoms with Gasteiger partial charge in [0.05, 0.1) is 30.6 Å². The first-order valence-electron chi connectivity index (χ1n) is 9.60. The van der Waals surface area contributed by atoms with Crippen molar-refractivity contribution in [1.29, 1.82) is 0 Å². The van der Waals surface area contributed by atoms with Crippen molar-refractivity contribution in [3.8, 4) is 0 Å². The van der Waals surface area contributed by atoms with E-state index < -0.39 is 0 Å². The van der Waals surface area contributed by atoms with Crippen molar-refractivity contribution in [2.24, 2.45) is 0 Å². The number of hydrogen-bond donors (Lipinski definition) is 1. The standard InChI is InChI=1S/C19H25N5O2/c1(4-23-5-9-26-10-6-23)15-13-24-17(22-15)12-21-19-18(24)16(11-20-19)14-2-7-25-8-3-14/h11-14,20H,1-10H2. The van der Waals surface area contributed by atoms with E-state index in [2.05, 4.69) is 31.7 Å². The number of aromatic amines is 1. The lowest BCUT2D eigenvalue weighted by Crippen LogP contribution is -2.37. The Morgan fingerprint density at radius 2 is 1.92 bits per heavy atom. The fraction of sp³-hybridized carbons (Fsp3) is 0.579. The van der Waals surface area contributed by atoms with Crippen molar-refractivity contribution < 1.29 is 9.47 Å². The zero-order valence-electron chi connectivity index (χ0n) is 15.0. The minimum absolute atomic E-state index is 0.532. The molecule has 5 rings (SSSR count). The summed E-state index contributed by atoms with van der Waals surface area (Å²) in [5, 5.41) is 0. The molecule has 0 spiro atoms. The molecule has 0 bridgehead atoms. The molecule has 3 aromatic heterocycles. The van der Waals surface area contributed by atoms with E-state index in [1.165, 1.54) is 11.1 Å². The molecule has 0 radical (unpaired) electrons. The number of rotatable bonds is 4. The number of H-pyrrole nitrogens is 1. The number of imidazole rings is 1. The van der Waals surface area contributed by atoms with Gasteiger partial charge in [-0.05, 0) is 24.3 Å². The molecule has 26 heavy (non-hydrogen) atoms. The molecule has 7 nitrogen and oxygen atoms in total. The summed E-state index contributed by atoms with van der Waals surface area (Å²) in [5.41, 5.74) is 5.53. The molecule has 1 N–H and O–H groups in total. The molecule has 5 heterocycles. The van der Waals surface area contributed by atoms with Crippen LogP contribution in [0, 0.1) is 0 Å². The van der Waals surface area contributed by atoms with E-state index >= 15 is 0 Å². The number of morpholine rings is 1. The fourth-order valence-corrected chi connectivity index (χ4v) is 4.15. The first-order valence-corrected chi connectivity index (χ1v) is 9.60. The topological polar surface area (TPSA) is 67.7 Å². The summed E-state index contributed by atoms with van der Waals surface area (Å²) in [4.78, 5) is 15.2. The van der Waals surface area contributed by atoms with Crippen LogP contribution in [0.25, 0.3) is 16.8 Å². The van der Waals surface area contributed by atoms with E-state index in [0.29, 0.717) is 5.92 Å². The Balaban J connectivity index is 1.45. The van der Waals surface area contributed by atoms with Crippen LogP contribution in [0.2, 0.25) is 0 Å². The zero-order chi connectivity index (χ0) is 17.3. The maximum absolute atomic E-state index is 5.53. The summed E-state index contributed by atoms with van der Waals surface area (Å²) in [6.07, 6.45) is 9.28. The minimum Gasteiger partial charge on any atom is -0.381 e. The van der Waals surface area contributed by atoms with Gasteiger partial charge >= 0.3 is 0 Å². The molecule has 0 amide bonds. The predicted molar refractivity (Wildman–Crippen MR) is 98.6 cm³/mol. The van der Waals surface area contributed by atoms with Crippen molar-refractivity contribution in [2.45, 2.75) is 25.2 Å². The molecule has 2 fully saturated rings. The molecule has 0 unspecified atom stereocenters. The highest BCUT2D eigenvalue weighted by molar-refractivity contribution is 5.79. The van der Waals surface area contributed by atoms with Gasteiger partial charge in [0.1, 0.15) is 0 Å². The van der Waals surface area contributed by atoms with Gasteiger partial charge in [-0.15, -0.1) is 0 Å². The largest absolute Gasteiger partial charge is 0.381 e. The van der Waals surface area contributed by atoms with Gasteiger partial charge < -0.3 is 14.5 Å². The molecule has 2 saturated heterocycles. The van der Waals surface area contributed by atoms with Crippen LogP contribution in [0.5, 0.6) is 0 Å². The molecular formula is C19H25N5O2. The smallest absolute Gasteiger partial charge is 0.156 e. The zero-order valence-corrected chi connectivity index (χ0v) is 15.0. The van der Waals surface area contributed by atoms with Crippen LogP contribution in [0.4, 0.5) is 0 Å². The molecule has 138 valence electrons. The molecule has 2 aliphatic rings. The summed E-state index contributed by atoms with van der Waals surface area (Å²) in [6.45, 7) is 6.44. The number of fused-ring (bicyclic) bond motifs is 3. The number of nitrogens with zero attached hydrogens (tertiary/aromatic N) is 4. The monoisotopic (exact) mass is 355 g/mol. The Morgan fingerprint density at radius 1 is 1.12 bits per heavy atom. The second-order valence-corrected chi connectivity index (χ2v) is 7.25. The van der Waals surface area contributed by atoms with Crippen molar-refractivity contribution in [1.82, 2.24) is 24.3 Å². The van der Waals surface area contributed by atoms with Gasteiger partial charge in [-0.3, -0.25) is 9.30 Å². The molecule has 2 aliphatic heterocycles. The van der Waals surface area contributed by atoms with Gasteiger partial charge in [0.2, 0.25) is 0 Å². The van der Waals surface area contributed by atoms with Crippen LogP contribution < -0.4 is 0 Å². The molecule has 7 heteroatoms. The summed E-state index contributed by atoms with van der Waals surface area (Å²) < 4.78 is 13.2. The van der Waals surface area contributed by atoms with Crippen LogP contribution in [-0.2, 0) is 15.9 Å². The SMILES string of the molecule is c1[nH]c2ncc3nc(CCN4CCOCC4)cn3c2c1C1CCOCC1. The molecule has 0 aliphatic carbocycles. The second-order valence-electron chi connectivity index (χ2n) is 7.25. The predicted octanol–water partition coefficient (Wildman–Crippen LogP) is 1.98. The van der Waals surface area contributed by atoms with E-state index in [0.717, 1.165) is 82.3 Å². The highest BCUT2D eigenvalue weighted by Gasteiger charge is 2.21. The second kappa shape index (κ2) is 6.98.